The molecule has 88 valence electrons. The lowest BCUT2D eigenvalue weighted by atomic mass is 10.2. The van der Waals surface area contributed by atoms with E-state index < -0.39 is 0 Å². The number of nitriles is 2. The van der Waals surface area contributed by atoms with Crippen molar-refractivity contribution >= 4 is 0 Å². The van der Waals surface area contributed by atoms with Gasteiger partial charge in [-0.05, 0) is 31.3 Å². The van der Waals surface area contributed by atoms with Crippen molar-refractivity contribution < 1.29 is 4.74 Å². The quantitative estimate of drug-likeness (QED) is 0.746. The Balaban J connectivity index is 2.26. The van der Waals surface area contributed by atoms with Crippen LogP contribution in [0.25, 0.3) is 0 Å². The summed E-state index contributed by atoms with van der Waals surface area (Å²) in [5, 5.41) is 17.1. The summed E-state index contributed by atoms with van der Waals surface area (Å²) >= 11 is 0. The van der Waals surface area contributed by atoms with Crippen LogP contribution < -0.4 is 4.74 Å². The second-order valence-corrected chi connectivity index (χ2v) is 3.70. The molecule has 0 amide bonds. The fourth-order valence-corrected chi connectivity index (χ4v) is 1.30. The summed E-state index contributed by atoms with van der Waals surface area (Å²) in [6.45, 7) is 2.11. The van der Waals surface area contributed by atoms with Crippen LogP contribution in [0.3, 0.4) is 0 Å². The third-order valence-corrected chi connectivity index (χ3v) is 2.33. The van der Waals surface area contributed by atoms with Gasteiger partial charge >= 0.3 is 0 Å². The molecule has 0 aliphatic heterocycles. The zero-order chi connectivity index (χ0) is 12.5. The standard InChI is InChI=1S/C13H15N3O/c1-16(8-2-7-14)9-10-17-13-5-3-12(11-15)4-6-13/h3-6H,2,8-10H2,1H3. The maximum Gasteiger partial charge on any atom is 0.119 e. The van der Waals surface area contributed by atoms with E-state index in [2.05, 4.69) is 12.1 Å². The van der Waals surface area contributed by atoms with Gasteiger partial charge in [-0.3, -0.25) is 0 Å². The lowest BCUT2D eigenvalue weighted by molar-refractivity contribution is 0.240. The molecule has 4 heteroatoms. The highest BCUT2D eigenvalue weighted by molar-refractivity contribution is 5.34. The second kappa shape index (κ2) is 7.27. The molecule has 1 aromatic rings. The highest BCUT2D eigenvalue weighted by Crippen LogP contribution is 2.11. The molecule has 0 aliphatic rings. The van der Waals surface area contributed by atoms with Gasteiger partial charge in [0, 0.05) is 19.5 Å². The Bertz CT molecular complexity index is 414. The Kier molecular flexibility index (Phi) is 5.57. The summed E-state index contributed by atoms with van der Waals surface area (Å²) in [7, 11) is 1.96. The SMILES string of the molecule is CN(CCC#N)CCOc1ccc(C#N)cc1. The van der Waals surface area contributed by atoms with E-state index >= 15 is 0 Å². The minimum absolute atomic E-state index is 0.535. The monoisotopic (exact) mass is 229 g/mol. The Morgan fingerprint density at radius 1 is 1.18 bits per heavy atom. The average Bonchev–Trinajstić information content (AvgIpc) is 2.37. The fraction of sp³-hybridized carbons (Fsp3) is 0.385. The van der Waals surface area contributed by atoms with Crippen LogP contribution >= 0.6 is 0 Å². The minimum Gasteiger partial charge on any atom is -0.492 e. The molecule has 0 atom stereocenters. The van der Waals surface area contributed by atoms with Crippen LogP contribution in [0.4, 0.5) is 0 Å². The summed E-state index contributed by atoms with van der Waals surface area (Å²) < 4.78 is 5.52. The first-order valence-electron chi connectivity index (χ1n) is 5.44. The topological polar surface area (TPSA) is 60.1 Å². The molecule has 17 heavy (non-hydrogen) atoms. The van der Waals surface area contributed by atoms with Gasteiger partial charge in [0.25, 0.3) is 0 Å². The van der Waals surface area contributed by atoms with Crippen molar-refractivity contribution in [1.82, 2.24) is 4.90 Å². The normalized spacial score (nSPS) is 9.65. The highest BCUT2D eigenvalue weighted by Gasteiger charge is 1.99. The third-order valence-electron chi connectivity index (χ3n) is 2.33. The molecule has 1 rings (SSSR count). The van der Waals surface area contributed by atoms with Crippen molar-refractivity contribution in [3.05, 3.63) is 29.8 Å². The van der Waals surface area contributed by atoms with Crippen molar-refractivity contribution in [1.29, 1.82) is 10.5 Å². The highest BCUT2D eigenvalue weighted by atomic mass is 16.5. The molecule has 0 bridgehead atoms. The van der Waals surface area contributed by atoms with Crippen LogP contribution in [0.15, 0.2) is 24.3 Å². The van der Waals surface area contributed by atoms with E-state index in [1.165, 1.54) is 0 Å². The lowest BCUT2D eigenvalue weighted by Crippen LogP contribution is -2.25. The first-order chi connectivity index (χ1) is 8.26. The molecule has 0 N–H and O–H groups in total. The molecule has 0 radical (unpaired) electrons. The smallest absolute Gasteiger partial charge is 0.119 e. The largest absolute Gasteiger partial charge is 0.492 e. The van der Waals surface area contributed by atoms with Gasteiger partial charge in [-0.15, -0.1) is 0 Å². The van der Waals surface area contributed by atoms with Gasteiger partial charge < -0.3 is 9.64 Å². The fourth-order valence-electron chi connectivity index (χ4n) is 1.30. The maximum atomic E-state index is 8.64. The molecule has 0 aliphatic carbocycles. The predicted molar refractivity (Wildman–Crippen MR) is 64.4 cm³/mol. The van der Waals surface area contributed by atoms with Gasteiger partial charge in [0.1, 0.15) is 12.4 Å². The molecule has 0 fully saturated rings. The summed E-state index contributed by atoms with van der Waals surface area (Å²) in [4.78, 5) is 2.05. The number of ether oxygens (including phenoxy) is 1. The average molecular weight is 229 g/mol. The van der Waals surface area contributed by atoms with E-state index in [1.807, 2.05) is 11.9 Å². The Morgan fingerprint density at radius 3 is 2.47 bits per heavy atom. The van der Waals surface area contributed by atoms with Crippen LogP contribution in [-0.2, 0) is 0 Å². The molecular formula is C13H15N3O. The lowest BCUT2D eigenvalue weighted by Gasteiger charge is -2.15. The molecule has 0 spiro atoms. The number of hydrogen-bond acceptors (Lipinski definition) is 4. The number of benzene rings is 1. The molecule has 0 saturated carbocycles. The van der Waals surface area contributed by atoms with Crippen LogP contribution in [-0.4, -0.2) is 31.6 Å². The summed E-state index contributed by atoms with van der Waals surface area (Å²) in [5.74, 6) is 0.762. The molecule has 0 unspecified atom stereocenters. The molecule has 0 heterocycles. The zero-order valence-electron chi connectivity index (χ0n) is 9.89. The van der Waals surface area contributed by atoms with Crippen LogP contribution in [0, 0.1) is 22.7 Å². The van der Waals surface area contributed by atoms with E-state index in [4.69, 9.17) is 15.3 Å². The second-order valence-electron chi connectivity index (χ2n) is 3.70. The van der Waals surface area contributed by atoms with Gasteiger partial charge in [-0.25, -0.2) is 0 Å². The van der Waals surface area contributed by atoms with E-state index in [-0.39, 0.29) is 0 Å². The molecule has 0 saturated heterocycles. The maximum absolute atomic E-state index is 8.64. The van der Waals surface area contributed by atoms with Crippen molar-refractivity contribution in [2.75, 3.05) is 26.7 Å². The van der Waals surface area contributed by atoms with Gasteiger partial charge in [0.2, 0.25) is 0 Å². The number of nitrogens with zero attached hydrogens (tertiary/aromatic N) is 3. The summed E-state index contributed by atoms with van der Waals surface area (Å²) in [6, 6.07) is 11.2. The number of hydrogen-bond donors (Lipinski definition) is 0. The summed E-state index contributed by atoms with van der Waals surface area (Å²) in [5.41, 5.74) is 0.628. The third kappa shape index (κ3) is 5.01. The zero-order valence-corrected chi connectivity index (χ0v) is 9.89. The van der Waals surface area contributed by atoms with Crippen molar-refractivity contribution in [3.63, 3.8) is 0 Å². The van der Waals surface area contributed by atoms with Crippen LogP contribution in [0.1, 0.15) is 12.0 Å². The van der Waals surface area contributed by atoms with Gasteiger partial charge in [0.05, 0.1) is 17.7 Å². The first kappa shape index (κ1) is 13.0. The Hall–Kier alpha value is -2.04. The molecular weight excluding hydrogens is 214 g/mol. The van der Waals surface area contributed by atoms with Gasteiger partial charge in [0.15, 0.2) is 0 Å². The minimum atomic E-state index is 0.535. The van der Waals surface area contributed by atoms with E-state index in [0.717, 1.165) is 18.8 Å². The number of likely N-dealkylation sites (N-methyl/N-ethyl adjacent to an activating group) is 1. The molecule has 1 aromatic carbocycles. The van der Waals surface area contributed by atoms with Crippen molar-refractivity contribution in [2.45, 2.75) is 6.42 Å². The first-order valence-corrected chi connectivity index (χ1v) is 5.44. The summed E-state index contributed by atoms with van der Waals surface area (Å²) in [6.07, 6.45) is 0.535. The molecule has 0 aromatic heterocycles. The van der Waals surface area contributed by atoms with Crippen LogP contribution in [0.2, 0.25) is 0 Å². The van der Waals surface area contributed by atoms with E-state index in [9.17, 15) is 0 Å². The Morgan fingerprint density at radius 2 is 1.88 bits per heavy atom. The van der Waals surface area contributed by atoms with Gasteiger partial charge in [-0.2, -0.15) is 10.5 Å². The van der Waals surface area contributed by atoms with Gasteiger partial charge in [-0.1, -0.05) is 0 Å². The Labute approximate surface area is 102 Å². The van der Waals surface area contributed by atoms with Crippen LogP contribution in [0.5, 0.6) is 5.75 Å². The van der Waals surface area contributed by atoms with E-state index in [1.54, 1.807) is 24.3 Å². The molecule has 4 nitrogen and oxygen atoms in total. The van der Waals surface area contributed by atoms with Crippen molar-refractivity contribution in [2.24, 2.45) is 0 Å². The van der Waals surface area contributed by atoms with E-state index in [0.29, 0.717) is 18.6 Å². The van der Waals surface area contributed by atoms with Crippen molar-refractivity contribution in [3.8, 4) is 17.9 Å². The number of rotatable bonds is 6. The predicted octanol–water partition coefficient (Wildman–Crippen LogP) is 1.78.